The first-order valence-electron chi connectivity index (χ1n) is 9.27. The van der Waals surface area contributed by atoms with Crippen LogP contribution in [0.3, 0.4) is 0 Å². The SMILES string of the molecule is O=C(NC(=S)NCc1ccc(-c2ccc(Br)cc2)o1)c1ccc(-c2ccc(Cl)cc2)o1. The number of furan rings is 2. The maximum absolute atomic E-state index is 12.4. The molecule has 0 unspecified atom stereocenters. The maximum Gasteiger partial charge on any atom is 0.293 e. The van der Waals surface area contributed by atoms with E-state index < -0.39 is 5.91 Å². The Morgan fingerprint density at radius 2 is 1.48 bits per heavy atom. The van der Waals surface area contributed by atoms with Gasteiger partial charge in [0, 0.05) is 20.6 Å². The van der Waals surface area contributed by atoms with Gasteiger partial charge in [-0.15, -0.1) is 0 Å². The van der Waals surface area contributed by atoms with E-state index in [1.165, 1.54) is 0 Å². The highest BCUT2D eigenvalue weighted by Gasteiger charge is 2.14. The lowest BCUT2D eigenvalue weighted by Gasteiger charge is -2.07. The van der Waals surface area contributed by atoms with E-state index >= 15 is 0 Å². The van der Waals surface area contributed by atoms with Gasteiger partial charge < -0.3 is 14.2 Å². The van der Waals surface area contributed by atoms with Crippen molar-refractivity contribution < 1.29 is 13.6 Å². The molecule has 0 saturated heterocycles. The Hall–Kier alpha value is -2.87. The van der Waals surface area contributed by atoms with Crippen LogP contribution in [0.25, 0.3) is 22.6 Å². The van der Waals surface area contributed by atoms with Gasteiger partial charge in [-0.25, -0.2) is 0 Å². The number of rotatable bonds is 5. The summed E-state index contributed by atoms with van der Waals surface area (Å²) in [6.07, 6.45) is 0. The van der Waals surface area contributed by atoms with Gasteiger partial charge in [-0.1, -0.05) is 39.7 Å². The third-order valence-corrected chi connectivity index (χ3v) is 5.43. The molecule has 0 aliphatic rings. The van der Waals surface area contributed by atoms with E-state index in [4.69, 9.17) is 32.7 Å². The normalized spacial score (nSPS) is 10.6. The van der Waals surface area contributed by atoms with Crippen molar-refractivity contribution in [3.63, 3.8) is 0 Å². The number of thiocarbonyl (C=S) groups is 1. The molecule has 0 aliphatic carbocycles. The lowest BCUT2D eigenvalue weighted by atomic mass is 10.2. The molecule has 5 nitrogen and oxygen atoms in total. The van der Waals surface area contributed by atoms with Crippen LogP contribution >= 0.6 is 39.7 Å². The first-order chi connectivity index (χ1) is 15.0. The summed E-state index contributed by atoms with van der Waals surface area (Å²) >= 11 is 14.5. The van der Waals surface area contributed by atoms with Gasteiger partial charge >= 0.3 is 0 Å². The summed E-state index contributed by atoms with van der Waals surface area (Å²) in [4.78, 5) is 12.4. The molecule has 2 N–H and O–H groups in total. The predicted molar refractivity (Wildman–Crippen MR) is 128 cm³/mol. The molecular formula is C23H16BrClN2O3S. The van der Waals surface area contributed by atoms with Crippen LogP contribution in [-0.4, -0.2) is 11.0 Å². The number of carbonyl (C=O) groups is 1. The van der Waals surface area contributed by atoms with E-state index in [9.17, 15) is 4.79 Å². The van der Waals surface area contributed by atoms with Crippen LogP contribution in [0.2, 0.25) is 5.02 Å². The van der Waals surface area contributed by atoms with E-state index in [0.717, 1.165) is 21.4 Å². The summed E-state index contributed by atoms with van der Waals surface area (Å²) in [5.41, 5.74) is 1.79. The average Bonchev–Trinajstić information content (AvgIpc) is 3.44. The van der Waals surface area contributed by atoms with Crippen molar-refractivity contribution in [1.29, 1.82) is 0 Å². The minimum absolute atomic E-state index is 0.157. The number of amides is 1. The van der Waals surface area contributed by atoms with E-state index in [1.807, 2.05) is 48.5 Å². The highest BCUT2D eigenvalue weighted by molar-refractivity contribution is 9.10. The molecule has 2 aromatic carbocycles. The van der Waals surface area contributed by atoms with Crippen LogP contribution in [0.4, 0.5) is 0 Å². The molecule has 0 aliphatic heterocycles. The van der Waals surface area contributed by atoms with Crippen molar-refractivity contribution in [2.75, 3.05) is 0 Å². The molecule has 31 heavy (non-hydrogen) atoms. The Kier molecular flexibility index (Phi) is 6.56. The van der Waals surface area contributed by atoms with Gasteiger partial charge in [-0.2, -0.15) is 0 Å². The Balaban J connectivity index is 1.31. The molecule has 1 amide bonds. The lowest BCUT2D eigenvalue weighted by molar-refractivity contribution is 0.0950. The quantitative estimate of drug-likeness (QED) is 0.300. The Morgan fingerprint density at radius 1 is 0.871 bits per heavy atom. The van der Waals surface area contributed by atoms with Crippen LogP contribution in [0.5, 0.6) is 0 Å². The summed E-state index contributed by atoms with van der Waals surface area (Å²) in [7, 11) is 0. The molecular weight excluding hydrogens is 500 g/mol. The second-order valence-electron chi connectivity index (χ2n) is 6.58. The van der Waals surface area contributed by atoms with Gasteiger partial charge in [-0.05, 0) is 72.9 Å². The zero-order valence-electron chi connectivity index (χ0n) is 16.0. The van der Waals surface area contributed by atoms with Crippen molar-refractivity contribution in [2.24, 2.45) is 0 Å². The summed E-state index contributed by atoms with van der Waals surface area (Å²) in [6.45, 7) is 0.337. The van der Waals surface area contributed by atoms with Gasteiger partial charge in [0.2, 0.25) is 0 Å². The van der Waals surface area contributed by atoms with Crippen LogP contribution in [-0.2, 0) is 6.54 Å². The van der Waals surface area contributed by atoms with Crippen molar-refractivity contribution in [1.82, 2.24) is 10.6 Å². The molecule has 4 rings (SSSR count). The number of benzene rings is 2. The summed E-state index contributed by atoms with van der Waals surface area (Å²) < 4.78 is 12.5. The van der Waals surface area contributed by atoms with Crippen LogP contribution in [0, 0.1) is 0 Å². The molecule has 2 heterocycles. The molecule has 0 saturated carbocycles. The van der Waals surface area contributed by atoms with Crippen LogP contribution in [0.1, 0.15) is 16.3 Å². The predicted octanol–water partition coefficient (Wildman–Crippen LogP) is 6.43. The van der Waals surface area contributed by atoms with E-state index in [2.05, 4.69) is 26.6 Å². The molecule has 0 spiro atoms. The summed E-state index contributed by atoms with van der Waals surface area (Å²) in [5.74, 6) is 1.73. The Labute approximate surface area is 197 Å². The molecule has 0 bridgehead atoms. The third-order valence-electron chi connectivity index (χ3n) is 4.40. The Morgan fingerprint density at radius 3 is 2.19 bits per heavy atom. The number of hydrogen-bond acceptors (Lipinski definition) is 4. The molecule has 156 valence electrons. The highest BCUT2D eigenvalue weighted by atomic mass is 79.9. The number of hydrogen-bond donors (Lipinski definition) is 2. The van der Waals surface area contributed by atoms with Gasteiger partial charge in [0.25, 0.3) is 5.91 Å². The zero-order chi connectivity index (χ0) is 21.8. The van der Waals surface area contributed by atoms with Crippen molar-refractivity contribution in [3.8, 4) is 22.6 Å². The molecule has 2 aromatic heterocycles. The first kappa shape index (κ1) is 21.4. The van der Waals surface area contributed by atoms with Crippen molar-refractivity contribution in [3.05, 3.63) is 93.8 Å². The highest BCUT2D eigenvalue weighted by Crippen LogP contribution is 2.25. The van der Waals surface area contributed by atoms with Crippen LogP contribution in [0.15, 0.2) is 86.1 Å². The molecule has 4 aromatic rings. The monoisotopic (exact) mass is 514 g/mol. The fourth-order valence-electron chi connectivity index (χ4n) is 2.85. The molecule has 8 heteroatoms. The smallest absolute Gasteiger partial charge is 0.293 e. The summed E-state index contributed by atoms with van der Waals surface area (Å²) in [6, 6.07) is 22.1. The van der Waals surface area contributed by atoms with E-state index in [1.54, 1.807) is 24.3 Å². The summed E-state index contributed by atoms with van der Waals surface area (Å²) in [5, 5.41) is 6.37. The van der Waals surface area contributed by atoms with E-state index in [0.29, 0.717) is 23.1 Å². The van der Waals surface area contributed by atoms with Crippen molar-refractivity contribution in [2.45, 2.75) is 6.54 Å². The lowest BCUT2D eigenvalue weighted by Crippen LogP contribution is -2.38. The average molecular weight is 516 g/mol. The van der Waals surface area contributed by atoms with E-state index in [-0.39, 0.29) is 10.9 Å². The van der Waals surface area contributed by atoms with Gasteiger partial charge in [0.05, 0.1) is 6.54 Å². The van der Waals surface area contributed by atoms with Gasteiger partial charge in [0.1, 0.15) is 17.3 Å². The number of nitrogens with one attached hydrogen (secondary N) is 2. The van der Waals surface area contributed by atoms with Gasteiger partial charge in [0.15, 0.2) is 10.9 Å². The first-order valence-corrected chi connectivity index (χ1v) is 10.9. The number of halogens is 2. The minimum Gasteiger partial charge on any atom is -0.459 e. The largest absolute Gasteiger partial charge is 0.459 e. The standard InChI is InChI=1S/C23H16BrClN2O3S/c24-16-5-1-14(2-6-16)19-10-9-18(29-19)13-26-23(31)27-22(28)21-12-11-20(30-21)15-3-7-17(25)8-4-15/h1-12H,13H2,(H2,26,27,28,31). The zero-order valence-corrected chi connectivity index (χ0v) is 19.2. The fourth-order valence-corrected chi connectivity index (χ4v) is 3.40. The molecule has 0 radical (unpaired) electrons. The second kappa shape index (κ2) is 9.51. The minimum atomic E-state index is -0.437. The second-order valence-corrected chi connectivity index (χ2v) is 8.34. The maximum atomic E-state index is 12.4. The van der Waals surface area contributed by atoms with Crippen LogP contribution < -0.4 is 10.6 Å². The molecule has 0 fully saturated rings. The Bertz CT molecular complexity index is 1220. The third kappa shape index (κ3) is 5.44. The fraction of sp³-hybridized carbons (Fsp3) is 0.0435. The van der Waals surface area contributed by atoms with Gasteiger partial charge in [-0.3, -0.25) is 10.1 Å². The number of carbonyl (C=O) groups excluding carboxylic acids is 1. The molecule has 0 atom stereocenters. The van der Waals surface area contributed by atoms with Crippen molar-refractivity contribution >= 4 is 50.8 Å². The topological polar surface area (TPSA) is 67.4 Å².